The Kier molecular flexibility index (Phi) is 4.77. The minimum atomic E-state index is 0.229. The third kappa shape index (κ3) is 4.08. The molecule has 7 nitrogen and oxygen atoms in total. The summed E-state index contributed by atoms with van der Waals surface area (Å²) in [5, 5.41) is 13.4. The average Bonchev–Trinajstić information content (AvgIpc) is 2.49. The number of anilines is 3. The van der Waals surface area contributed by atoms with E-state index >= 15 is 0 Å². The van der Waals surface area contributed by atoms with Crippen molar-refractivity contribution >= 4 is 23.8 Å². The highest BCUT2D eigenvalue weighted by Crippen LogP contribution is 2.17. The fourth-order valence-electron chi connectivity index (χ4n) is 1.64. The third-order valence-electron chi connectivity index (χ3n) is 2.84. The molecule has 2 aromatic rings. The summed E-state index contributed by atoms with van der Waals surface area (Å²) in [6.07, 6.45) is 1.66. The Hall–Kier alpha value is -2.83. The van der Waals surface area contributed by atoms with Crippen molar-refractivity contribution in [2.24, 2.45) is 5.10 Å². The van der Waals surface area contributed by atoms with Crippen molar-refractivity contribution in [1.29, 1.82) is 0 Å². The van der Waals surface area contributed by atoms with Crippen LogP contribution in [0, 0.1) is 0 Å². The van der Waals surface area contributed by atoms with Crippen molar-refractivity contribution in [3.63, 3.8) is 0 Å². The summed E-state index contributed by atoms with van der Waals surface area (Å²) in [7, 11) is 7.62. The molecule has 0 spiro atoms. The first kappa shape index (κ1) is 15.6. The molecule has 0 aliphatic heterocycles. The first-order valence-corrected chi connectivity index (χ1v) is 6.77. The number of rotatable bonds is 5. The molecule has 116 valence electrons. The number of aromatic hydroxyl groups is 1. The van der Waals surface area contributed by atoms with Gasteiger partial charge in [-0.3, -0.25) is 5.43 Å². The SMILES string of the molecule is CN(C)c1cc(NN=Cc2ccc(O)cc2)nc(N(C)C)n1. The molecular weight excluding hydrogens is 280 g/mol. The standard InChI is InChI=1S/C15H20N6O/c1-20(2)14-9-13(17-15(18-14)21(3)4)19-16-10-11-5-7-12(22)8-6-11/h5-10,22H,1-4H3,(H,17,18,19). The number of hydrazone groups is 1. The van der Waals surface area contributed by atoms with Crippen molar-refractivity contribution < 1.29 is 5.11 Å². The van der Waals surface area contributed by atoms with Gasteiger partial charge in [0.25, 0.3) is 0 Å². The average molecular weight is 300 g/mol. The van der Waals surface area contributed by atoms with Crippen molar-refractivity contribution in [2.75, 3.05) is 43.4 Å². The van der Waals surface area contributed by atoms with Gasteiger partial charge >= 0.3 is 0 Å². The zero-order valence-corrected chi connectivity index (χ0v) is 13.1. The van der Waals surface area contributed by atoms with E-state index in [0.29, 0.717) is 11.8 Å². The molecule has 0 aliphatic carbocycles. The van der Waals surface area contributed by atoms with E-state index in [1.807, 2.05) is 44.1 Å². The van der Waals surface area contributed by atoms with Crippen molar-refractivity contribution in [1.82, 2.24) is 9.97 Å². The highest BCUT2D eigenvalue weighted by Gasteiger charge is 2.07. The van der Waals surface area contributed by atoms with Crippen molar-refractivity contribution in [3.05, 3.63) is 35.9 Å². The second kappa shape index (κ2) is 6.75. The zero-order chi connectivity index (χ0) is 16.1. The van der Waals surface area contributed by atoms with Crippen LogP contribution < -0.4 is 15.2 Å². The second-order valence-electron chi connectivity index (χ2n) is 5.16. The zero-order valence-electron chi connectivity index (χ0n) is 13.1. The third-order valence-corrected chi connectivity index (χ3v) is 2.84. The van der Waals surface area contributed by atoms with Crippen LogP contribution in [0.3, 0.4) is 0 Å². The molecule has 0 radical (unpaired) electrons. The van der Waals surface area contributed by atoms with E-state index in [1.165, 1.54) is 0 Å². The Labute approximate surface area is 129 Å². The Morgan fingerprint density at radius 2 is 1.73 bits per heavy atom. The van der Waals surface area contributed by atoms with Crippen LogP contribution >= 0.6 is 0 Å². The van der Waals surface area contributed by atoms with Crippen LogP contribution in [0.15, 0.2) is 35.4 Å². The maximum absolute atomic E-state index is 9.24. The lowest BCUT2D eigenvalue weighted by Gasteiger charge is -2.16. The van der Waals surface area contributed by atoms with Gasteiger partial charge in [0.15, 0.2) is 5.82 Å². The molecule has 1 aromatic carbocycles. The molecule has 0 fully saturated rings. The van der Waals surface area contributed by atoms with Gasteiger partial charge in [0.1, 0.15) is 11.6 Å². The Morgan fingerprint density at radius 3 is 2.32 bits per heavy atom. The van der Waals surface area contributed by atoms with Crippen LogP contribution in [0.4, 0.5) is 17.6 Å². The normalized spacial score (nSPS) is 10.7. The maximum atomic E-state index is 9.24. The van der Waals surface area contributed by atoms with Crippen molar-refractivity contribution in [3.8, 4) is 5.75 Å². The van der Waals surface area contributed by atoms with Gasteiger partial charge in [-0.05, 0) is 29.8 Å². The number of nitrogens with one attached hydrogen (secondary N) is 1. The molecule has 1 aromatic heterocycles. The Balaban J connectivity index is 2.16. The van der Waals surface area contributed by atoms with Crippen LogP contribution in [0.2, 0.25) is 0 Å². The van der Waals surface area contributed by atoms with E-state index in [-0.39, 0.29) is 5.75 Å². The van der Waals surface area contributed by atoms with E-state index in [2.05, 4.69) is 20.5 Å². The summed E-state index contributed by atoms with van der Waals surface area (Å²) in [4.78, 5) is 12.6. The molecule has 2 N–H and O–H groups in total. The van der Waals surface area contributed by atoms with Crippen LogP contribution in [0.25, 0.3) is 0 Å². The monoisotopic (exact) mass is 300 g/mol. The van der Waals surface area contributed by atoms with Gasteiger partial charge in [-0.2, -0.15) is 15.1 Å². The molecule has 0 unspecified atom stereocenters. The van der Waals surface area contributed by atoms with Crippen molar-refractivity contribution in [2.45, 2.75) is 0 Å². The van der Waals surface area contributed by atoms with Gasteiger partial charge in [-0.25, -0.2) is 0 Å². The number of hydrogen-bond donors (Lipinski definition) is 2. The molecule has 0 amide bonds. The van der Waals surface area contributed by atoms with Gasteiger partial charge in [0, 0.05) is 34.3 Å². The van der Waals surface area contributed by atoms with E-state index in [1.54, 1.807) is 30.5 Å². The quantitative estimate of drug-likeness (QED) is 0.647. The van der Waals surface area contributed by atoms with Crippen LogP contribution in [-0.4, -0.2) is 49.5 Å². The lowest BCUT2D eigenvalue weighted by atomic mass is 10.2. The summed E-state index contributed by atoms with van der Waals surface area (Å²) in [5.41, 5.74) is 3.78. The van der Waals surface area contributed by atoms with Crippen LogP contribution in [0.1, 0.15) is 5.56 Å². The smallest absolute Gasteiger partial charge is 0.228 e. The Bertz CT molecular complexity index is 625. The van der Waals surface area contributed by atoms with E-state index in [4.69, 9.17) is 0 Å². The number of phenols is 1. The second-order valence-corrected chi connectivity index (χ2v) is 5.16. The summed E-state index contributed by atoms with van der Waals surface area (Å²) < 4.78 is 0. The molecule has 0 atom stereocenters. The topological polar surface area (TPSA) is 76.9 Å². The highest BCUT2D eigenvalue weighted by atomic mass is 16.3. The molecule has 22 heavy (non-hydrogen) atoms. The molecule has 0 bridgehead atoms. The lowest BCUT2D eigenvalue weighted by Crippen LogP contribution is -2.17. The van der Waals surface area contributed by atoms with Gasteiger partial charge in [0.2, 0.25) is 5.95 Å². The van der Waals surface area contributed by atoms with Gasteiger partial charge in [0.05, 0.1) is 6.21 Å². The fraction of sp³-hybridized carbons (Fsp3) is 0.267. The molecule has 0 aliphatic rings. The molecule has 2 rings (SSSR count). The minimum Gasteiger partial charge on any atom is -0.508 e. The predicted octanol–water partition coefficient (Wildman–Crippen LogP) is 1.76. The van der Waals surface area contributed by atoms with Gasteiger partial charge in [-0.1, -0.05) is 0 Å². The molecule has 0 saturated heterocycles. The molecule has 1 heterocycles. The first-order chi connectivity index (χ1) is 10.5. The number of phenolic OH excluding ortho intramolecular Hbond substituents is 1. The summed E-state index contributed by atoms with van der Waals surface area (Å²) in [6.45, 7) is 0. The van der Waals surface area contributed by atoms with Crippen LogP contribution in [0.5, 0.6) is 5.75 Å². The maximum Gasteiger partial charge on any atom is 0.228 e. The predicted molar refractivity (Wildman–Crippen MR) is 90.0 cm³/mol. The van der Waals surface area contributed by atoms with E-state index < -0.39 is 0 Å². The largest absolute Gasteiger partial charge is 0.508 e. The van der Waals surface area contributed by atoms with E-state index in [0.717, 1.165) is 11.4 Å². The van der Waals surface area contributed by atoms with E-state index in [9.17, 15) is 5.11 Å². The summed E-state index contributed by atoms with van der Waals surface area (Å²) in [6, 6.07) is 8.59. The summed E-state index contributed by atoms with van der Waals surface area (Å²) in [5.74, 6) is 2.24. The van der Waals surface area contributed by atoms with Gasteiger partial charge in [-0.15, -0.1) is 0 Å². The number of hydrogen-bond acceptors (Lipinski definition) is 7. The molecule has 7 heteroatoms. The first-order valence-electron chi connectivity index (χ1n) is 6.77. The van der Waals surface area contributed by atoms with Gasteiger partial charge < -0.3 is 14.9 Å². The lowest BCUT2D eigenvalue weighted by molar-refractivity contribution is 0.475. The van der Waals surface area contributed by atoms with Crippen LogP contribution in [-0.2, 0) is 0 Å². The molecular formula is C15H20N6O. The molecule has 0 saturated carbocycles. The Morgan fingerprint density at radius 1 is 1.05 bits per heavy atom. The fourth-order valence-corrected chi connectivity index (χ4v) is 1.64. The summed E-state index contributed by atoms with van der Waals surface area (Å²) >= 11 is 0. The number of benzene rings is 1. The number of nitrogens with zero attached hydrogens (tertiary/aromatic N) is 5. The minimum absolute atomic E-state index is 0.229. The highest BCUT2D eigenvalue weighted by molar-refractivity contribution is 5.80. The number of aromatic nitrogens is 2.